The van der Waals surface area contributed by atoms with Crippen molar-refractivity contribution in [1.29, 1.82) is 0 Å². The van der Waals surface area contributed by atoms with Crippen LogP contribution in [0.15, 0.2) is 18.2 Å². The Morgan fingerprint density at radius 1 is 1.45 bits per heavy atom. The molecule has 112 valence electrons. The van der Waals surface area contributed by atoms with Gasteiger partial charge in [0.2, 0.25) is 0 Å². The molecule has 0 bridgehead atoms. The number of benzene rings is 1. The van der Waals surface area contributed by atoms with Gasteiger partial charge in [-0.05, 0) is 55.9 Å². The largest absolute Gasteiger partial charge is 0.491 e. The third-order valence-electron chi connectivity index (χ3n) is 3.73. The highest BCUT2D eigenvalue weighted by Gasteiger charge is 2.16. The monoisotopic (exact) mass is 297 g/mol. The molecule has 1 aliphatic rings. The fourth-order valence-electron chi connectivity index (χ4n) is 2.40. The van der Waals surface area contributed by atoms with E-state index in [0.29, 0.717) is 6.61 Å². The number of ether oxygens (including phenoxy) is 2. The molecule has 2 rings (SSSR count). The molecular formula is C16H24ClNO2. The summed E-state index contributed by atoms with van der Waals surface area (Å²) in [5.41, 5.74) is 7.13. The first kappa shape index (κ1) is 15.6. The van der Waals surface area contributed by atoms with Crippen LogP contribution in [0.4, 0.5) is 0 Å². The van der Waals surface area contributed by atoms with Crippen LogP contribution in [-0.4, -0.2) is 25.4 Å². The maximum atomic E-state index is 6.07. The van der Waals surface area contributed by atoms with Gasteiger partial charge in [-0.25, -0.2) is 0 Å². The maximum Gasteiger partial charge on any atom is 0.122 e. The van der Waals surface area contributed by atoms with E-state index >= 15 is 0 Å². The molecule has 4 heteroatoms. The van der Waals surface area contributed by atoms with E-state index in [1.807, 2.05) is 18.2 Å². The maximum absolute atomic E-state index is 6.07. The topological polar surface area (TPSA) is 44.5 Å². The van der Waals surface area contributed by atoms with Gasteiger partial charge in [0.1, 0.15) is 12.4 Å². The van der Waals surface area contributed by atoms with Gasteiger partial charge in [0.05, 0.1) is 6.10 Å². The highest BCUT2D eigenvalue weighted by atomic mass is 35.5. The van der Waals surface area contributed by atoms with Crippen molar-refractivity contribution >= 4 is 11.6 Å². The average molecular weight is 298 g/mol. The molecular weight excluding hydrogens is 274 g/mol. The number of halogens is 1. The molecule has 0 spiro atoms. The van der Waals surface area contributed by atoms with Crippen LogP contribution < -0.4 is 10.5 Å². The SMILES string of the molecule is CCC(N)Cc1cc(Cl)ccc1OCC1CCCCO1. The highest BCUT2D eigenvalue weighted by Crippen LogP contribution is 2.25. The molecule has 0 saturated carbocycles. The van der Waals surface area contributed by atoms with Crippen LogP contribution in [0.2, 0.25) is 5.02 Å². The van der Waals surface area contributed by atoms with E-state index in [1.54, 1.807) is 0 Å². The molecule has 20 heavy (non-hydrogen) atoms. The molecule has 1 aromatic carbocycles. The Morgan fingerprint density at radius 2 is 2.30 bits per heavy atom. The minimum atomic E-state index is 0.141. The van der Waals surface area contributed by atoms with Gasteiger partial charge < -0.3 is 15.2 Å². The summed E-state index contributed by atoms with van der Waals surface area (Å²) in [5, 5.41) is 0.726. The van der Waals surface area contributed by atoms with Gasteiger partial charge in [0, 0.05) is 17.7 Å². The second-order valence-corrected chi connectivity index (χ2v) is 5.86. The summed E-state index contributed by atoms with van der Waals surface area (Å²) in [6.45, 7) is 3.55. The van der Waals surface area contributed by atoms with E-state index in [2.05, 4.69) is 6.92 Å². The van der Waals surface area contributed by atoms with Crippen LogP contribution in [0.3, 0.4) is 0 Å². The van der Waals surface area contributed by atoms with Crippen molar-refractivity contribution in [3.05, 3.63) is 28.8 Å². The van der Waals surface area contributed by atoms with Crippen LogP contribution >= 0.6 is 11.6 Å². The van der Waals surface area contributed by atoms with E-state index in [0.717, 1.165) is 48.6 Å². The van der Waals surface area contributed by atoms with E-state index < -0.39 is 0 Å². The molecule has 2 unspecified atom stereocenters. The van der Waals surface area contributed by atoms with E-state index in [9.17, 15) is 0 Å². The minimum Gasteiger partial charge on any atom is -0.491 e. The Kier molecular flexibility index (Phi) is 6.14. The molecule has 1 aromatic rings. The zero-order valence-corrected chi connectivity index (χ0v) is 12.9. The van der Waals surface area contributed by atoms with Gasteiger partial charge in [-0.15, -0.1) is 0 Å². The molecule has 1 fully saturated rings. The zero-order valence-electron chi connectivity index (χ0n) is 12.1. The quantitative estimate of drug-likeness (QED) is 0.873. The Labute approximate surface area is 126 Å². The molecule has 1 saturated heterocycles. The lowest BCUT2D eigenvalue weighted by Crippen LogP contribution is -2.26. The lowest BCUT2D eigenvalue weighted by atomic mass is 10.0. The van der Waals surface area contributed by atoms with Crippen molar-refractivity contribution in [1.82, 2.24) is 0 Å². The third-order valence-corrected chi connectivity index (χ3v) is 3.96. The summed E-state index contributed by atoms with van der Waals surface area (Å²) < 4.78 is 11.6. The molecule has 2 atom stereocenters. The molecule has 1 aliphatic heterocycles. The average Bonchev–Trinajstić information content (AvgIpc) is 2.47. The summed E-state index contributed by atoms with van der Waals surface area (Å²) in [4.78, 5) is 0. The molecule has 3 nitrogen and oxygen atoms in total. The van der Waals surface area contributed by atoms with Crippen molar-refractivity contribution in [2.45, 2.75) is 51.2 Å². The van der Waals surface area contributed by atoms with Crippen LogP contribution in [0, 0.1) is 0 Å². The predicted molar refractivity (Wildman–Crippen MR) is 82.5 cm³/mol. The molecule has 0 aliphatic carbocycles. The Balaban J connectivity index is 1.98. The zero-order chi connectivity index (χ0) is 14.4. The standard InChI is InChI=1S/C16H24ClNO2/c1-2-14(18)10-12-9-13(17)6-7-16(12)20-11-15-5-3-4-8-19-15/h6-7,9,14-15H,2-5,8,10-11,18H2,1H3. The lowest BCUT2D eigenvalue weighted by Gasteiger charge is -2.23. The summed E-state index contributed by atoms with van der Waals surface area (Å²) in [7, 11) is 0. The van der Waals surface area contributed by atoms with Gasteiger partial charge >= 0.3 is 0 Å². The van der Waals surface area contributed by atoms with Gasteiger partial charge in [-0.1, -0.05) is 18.5 Å². The Morgan fingerprint density at radius 3 is 3.00 bits per heavy atom. The predicted octanol–water partition coefficient (Wildman–Crippen LogP) is 3.57. The summed E-state index contributed by atoms with van der Waals surface area (Å²) in [5.74, 6) is 0.882. The van der Waals surface area contributed by atoms with Crippen molar-refractivity contribution in [3.63, 3.8) is 0 Å². The normalized spacial score (nSPS) is 20.6. The first-order chi connectivity index (χ1) is 9.69. The summed E-state index contributed by atoms with van der Waals surface area (Å²) in [6.07, 6.45) is 5.41. The van der Waals surface area contributed by atoms with Crippen LogP contribution in [0.25, 0.3) is 0 Å². The van der Waals surface area contributed by atoms with E-state index in [4.69, 9.17) is 26.8 Å². The van der Waals surface area contributed by atoms with Gasteiger partial charge in [-0.3, -0.25) is 0 Å². The fourth-order valence-corrected chi connectivity index (χ4v) is 2.59. The molecule has 0 amide bonds. The first-order valence-electron chi connectivity index (χ1n) is 7.47. The smallest absolute Gasteiger partial charge is 0.122 e. The van der Waals surface area contributed by atoms with Crippen LogP contribution in [-0.2, 0) is 11.2 Å². The minimum absolute atomic E-state index is 0.141. The van der Waals surface area contributed by atoms with Gasteiger partial charge in [-0.2, -0.15) is 0 Å². The van der Waals surface area contributed by atoms with E-state index in [-0.39, 0.29) is 12.1 Å². The van der Waals surface area contributed by atoms with Crippen LogP contribution in [0.5, 0.6) is 5.75 Å². The Bertz CT molecular complexity index is 419. The number of hydrogen-bond acceptors (Lipinski definition) is 3. The Hall–Kier alpha value is -0.770. The van der Waals surface area contributed by atoms with Crippen molar-refractivity contribution in [2.24, 2.45) is 5.73 Å². The number of nitrogens with two attached hydrogens (primary N) is 1. The molecule has 1 heterocycles. The molecule has 2 N–H and O–H groups in total. The lowest BCUT2D eigenvalue weighted by molar-refractivity contribution is -0.0112. The summed E-state index contributed by atoms with van der Waals surface area (Å²) in [6, 6.07) is 5.89. The van der Waals surface area contributed by atoms with Crippen molar-refractivity contribution in [2.75, 3.05) is 13.2 Å². The van der Waals surface area contributed by atoms with Crippen molar-refractivity contribution in [3.8, 4) is 5.75 Å². The highest BCUT2D eigenvalue weighted by molar-refractivity contribution is 6.30. The van der Waals surface area contributed by atoms with Gasteiger partial charge in [0.15, 0.2) is 0 Å². The fraction of sp³-hybridized carbons (Fsp3) is 0.625. The third kappa shape index (κ3) is 4.65. The summed E-state index contributed by atoms with van der Waals surface area (Å²) >= 11 is 6.07. The van der Waals surface area contributed by atoms with Gasteiger partial charge in [0.25, 0.3) is 0 Å². The second-order valence-electron chi connectivity index (χ2n) is 5.42. The number of hydrogen-bond donors (Lipinski definition) is 1. The number of rotatable bonds is 6. The first-order valence-corrected chi connectivity index (χ1v) is 7.85. The molecule has 0 aromatic heterocycles. The van der Waals surface area contributed by atoms with Crippen molar-refractivity contribution < 1.29 is 9.47 Å². The second kappa shape index (κ2) is 7.87. The molecule has 0 radical (unpaired) electrons. The van der Waals surface area contributed by atoms with Crippen LogP contribution in [0.1, 0.15) is 38.2 Å². The van der Waals surface area contributed by atoms with E-state index in [1.165, 1.54) is 6.42 Å².